The number of carbonyl (C=O) groups is 2. The van der Waals surface area contributed by atoms with Crippen molar-refractivity contribution in [1.29, 1.82) is 0 Å². The maximum Gasteiger partial charge on any atom is 0.313 e. The van der Waals surface area contributed by atoms with Crippen LogP contribution in [0.25, 0.3) is 21.7 Å². The number of ether oxygens (including phenoxy) is 2. The molecule has 0 aliphatic carbocycles. The topological polar surface area (TPSA) is 92.4 Å². The van der Waals surface area contributed by atoms with E-state index < -0.39 is 5.97 Å². The Kier molecular flexibility index (Phi) is 8.80. The summed E-state index contributed by atoms with van der Waals surface area (Å²) >= 11 is 7.97. The second kappa shape index (κ2) is 12.1. The maximum absolute atomic E-state index is 13.9. The fraction of sp³-hybridized carbons (Fsp3) is 0.296. The van der Waals surface area contributed by atoms with Gasteiger partial charge in [0.05, 0.1) is 30.3 Å². The van der Waals surface area contributed by atoms with Crippen molar-refractivity contribution in [1.82, 2.24) is 14.1 Å². The Morgan fingerprint density at radius 3 is 2.45 bits per heavy atom. The summed E-state index contributed by atoms with van der Waals surface area (Å²) in [6, 6.07) is 13.1. The molecule has 0 saturated carbocycles. The van der Waals surface area contributed by atoms with E-state index in [1.165, 1.54) is 15.9 Å². The highest BCUT2D eigenvalue weighted by Crippen LogP contribution is 2.29. The molecule has 0 atom stereocenters. The molecule has 38 heavy (non-hydrogen) atoms. The Morgan fingerprint density at radius 1 is 1.05 bits per heavy atom. The number of thiazole rings is 1. The van der Waals surface area contributed by atoms with Gasteiger partial charge in [0.25, 0.3) is 5.56 Å². The summed E-state index contributed by atoms with van der Waals surface area (Å²) in [6.45, 7) is 8.30. The molecule has 4 rings (SSSR count). The van der Waals surface area contributed by atoms with Crippen LogP contribution in [0.3, 0.4) is 0 Å². The van der Waals surface area contributed by atoms with Crippen molar-refractivity contribution in [3.8, 4) is 17.1 Å². The van der Waals surface area contributed by atoms with Crippen LogP contribution in [-0.4, -0.2) is 44.8 Å². The molecule has 8 nitrogen and oxygen atoms in total. The van der Waals surface area contributed by atoms with Gasteiger partial charge < -0.3 is 9.47 Å². The van der Waals surface area contributed by atoms with Crippen molar-refractivity contribution in [2.45, 2.75) is 39.3 Å². The zero-order valence-electron chi connectivity index (χ0n) is 21.5. The molecule has 0 bridgehead atoms. The van der Waals surface area contributed by atoms with Gasteiger partial charge in [-0.05, 0) is 75.8 Å². The van der Waals surface area contributed by atoms with E-state index in [9.17, 15) is 14.4 Å². The zero-order chi connectivity index (χ0) is 27.4. The highest BCUT2D eigenvalue weighted by atomic mass is 32.2. The Balaban J connectivity index is 1.86. The molecule has 0 aliphatic rings. The van der Waals surface area contributed by atoms with E-state index in [0.717, 1.165) is 28.6 Å². The zero-order valence-corrected chi connectivity index (χ0v) is 23.9. The first kappa shape index (κ1) is 27.7. The number of aromatic nitrogens is 3. The van der Waals surface area contributed by atoms with Gasteiger partial charge in [-0.1, -0.05) is 40.8 Å². The molecule has 0 aliphatic heterocycles. The van der Waals surface area contributed by atoms with Crippen LogP contribution in [-0.2, 0) is 14.3 Å². The van der Waals surface area contributed by atoms with Crippen LogP contribution >= 0.6 is 35.3 Å². The molecule has 2 heterocycles. The standard InChI is InChI=1S/C27H27N3O5S3/c1-5-34-20-10-8-18(9-11-20)29-25(33)23-24(28-26(29)37-15-19(31)14-22(32)35-6-2)30(27(36)38-23)21-12-7-16(3)13-17(21)4/h7-13H,5-6,14-15H2,1-4H3. The normalized spacial score (nSPS) is 11.1. The number of esters is 1. The van der Waals surface area contributed by atoms with E-state index in [1.54, 1.807) is 35.8 Å². The minimum atomic E-state index is -0.577. The van der Waals surface area contributed by atoms with E-state index in [2.05, 4.69) is 0 Å². The summed E-state index contributed by atoms with van der Waals surface area (Å²) in [5.74, 6) is -0.277. The van der Waals surface area contributed by atoms with E-state index in [4.69, 9.17) is 26.7 Å². The Morgan fingerprint density at radius 2 is 1.79 bits per heavy atom. The van der Waals surface area contributed by atoms with E-state index in [0.29, 0.717) is 37.5 Å². The predicted molar refractivity (Wildman–Crippen MR) is 153 cm³/mol. The SMILES string of the molecule is CCOC(=O)CC(=O)CSc1nc2c(sc(=S)n2-c2ccc(C)cc2C)c(=O)n1-c1ccc(OCC)cc1. The van der Waals surface area contributed by atoms with E-state index in [1.807, 2.05) is 39.0 Å². The van der Waals surface area contributed by atoms with Crippen molar-refractivity contribution >= 4 is 57.4 Å². The largest absolute Gasteiger partial charge is 0.494 e. The second-order valence-corrected chi connectivity index (χ2v) is 11.0. The minimum absolute atomic E-state index is 0.0534. The number of benzene rings is 2. The number of Topliss-reactive ketones (excluding diaryl/α,β-unsaturated/α-hetero) is 1. The average molecular weight is 570 g/mol. The molecule has 0 radical (unpaired) electrons. The van der Waals surface area contributed by atoms with Gasteiger partial charge in [-0.25, -0.2) is 4.98 Å². The van der Waals surface area contributed by atoms with Crippen molar-refractivity contribution in [2.24, 2.45) is 0 Å². The Hall–Kier alpha value is -3.28. The fourth-order valence-electron chi connectivity index (χ4n) is 3.96. The number of ketones is 1. The van der Waals surface area contributed by atoms with Gasteiger partial charge >= 0.3 is 5.97 Å². The molecule has 4 aromatic rings. The molecular formula is C27H27N3O5S3. The van der Waals surface area contributed by atoms with E-state index >= 15 is 0 Å². The lowest BCUT2D eigenvalue weighted by Crippen LogP contribution is -2.22. The summed E-state index contributed by atoms with van der Waals surface area (Å²) in [6.07, 6.45) is -0.340. The Labute approximate surface area is 233 Å². The van der Waals surface area contributed by atoms with Crippen LogP contribution < -0.4 is 10.3 Å². The third kappa shape index (κ3) is 5.90. The molecule has 2 aromatic heterocycles. The number of hydrogen-bond donors (Lipinski definition) is 0. The third-order valence-corrected chi connectivity index (χ3v) is 7.93. The van der Waals surface area contributed by atoms with Gasteiger partial charge in [0.15, 0.2) is 20.5 Å². The summed E-state index contributed by atoms with van der Waals surface area (Å²) < 4.78 is 14.6. The first-order chi connectivity index (χ1) is 18.2. The minimum Gasteiger partial charge on any atom is -0.494 e. The van der Waals surface area contributed by atoms with Crippen molar-refractivity contribution in [2.75, 3.05) is 19.0 Å². The molecule has 198 valence electrons. The molecular weight excluding hydrogens is 543 g/mol. The molecule has 0 unspecified atom stereocenters. The first-order valence-corrected chi connectivity index (χ1v) is 14.2. The number of carbonyl (C=O) groups excluding carboxylic acids is 2. The number of thioether (sulfide) groups is 1. The van der Waals surface area contributed by atoms with Crippen LogP contribution in [0.5, 0.6) is 5.75 Å². The average Bonchev–Trinajstić information content (AvgIpc) is 3.20. The van der Waals surface area contributed by atoms with Crippen LogP contribution in [0.15, 0.2) is 52.4 Å². The van der Waals surface area contributed by atoms with Crippen LogP contribution in [0.1, 0.15) is 31.4 Å². The molecule has 0 N–H and O–H groups in total. The lowest BCUT2D eigenvalue weighted by Gasteiger charge is -2.14. The maximum atomic E-state index is 13.9. The lowest BCUT2D eigenvalue weighted by molar-refractivity contribution is -0.145. The van der Waals surface area contributed by atoms with Crippen LogP contribution in [0.4, 0.5) is 0 Å². The smallest absolute Gasteiger partial charge is 0.313 e. The predicted octanol–water partition coefficient (Wildman–Crippen LogP) is 5.60. The van der Waals surface area contributed by atoms with Crippen molar-refractivity contribution in [3.05, 3.63) is 67.9 Å². The molecule has 0 amide bonds. The molecule has 11 heteroatoms. The summed E-state index contributed by atoms with van der Waals surface area (Å²) in [4.78, 5) is 43.0. The van der Waals surface area contributed by atoms with Gasteiger partial charge in [0.1, 0.15) is 16.9 Å². The number of aryl methyl sites for hydroxylation is 2. The lowest BCUT2D eigenvalue weighted by atomic mass is 10.1. The molecule has 2 aromatic carbocycles. The second-order valence-electron chi connectivity index (χ2n) is 8.42. The molecule has 0 saturated heterocycles. The monoisotopic (exact) mass is 569 g/mol. The fourth-order valence-corrected chi connectivity index (χ4v) is 6.11. The van der Waals surface area contributed by atoms with Crippen LogP contribution in [0.2, 0.25) is 0 Å². The van der Waals surface area contributed by atoms with Crippen molar-refractivity contribution < 1.29 is 19.1 Å². The number of hydrogen-bond acceptors (Lipinski definition) is 9. The third-order valence-electron chi connectivity index (χ3n) is 5.59. The first-order valence-electron chi connectivity index (χ1n) is 12.0. The number of nitrogens with zero attached hydrogens (tertiary/aromatic N) is 3. The van der Waals surface area contributed by atoms with Crippen LogP contribution in [0, 0.1) is 17.8 Å². The molecule has 0 fully saturated rings. The van der Waals surface area contributed by atoms with Gasteiger partial charge in [-0.3, -0.25) is 23.5 Å². The van der Waals surface area contributed by atoms with E-state index in [-0.39, 0.29) is 30.1 Å². The van der Waals surface area contributed by atoms with Gasteiger partial charge in [-0.2, -0.15) is 0 Å². The van der Waals surface area contributed by atoms with Gasteiger partial charge in [-0.15, -0.1) is 0 Å². The van der Waals surface area contributed by atoms with Gasteiger partial charge in [0, 0.05) is 0 Å². The van der Waals surface area contributed by atoms with Crippen molar-refractivity contribution in [3.63, 3.8) is 0 Å². The summed E-state index contributed by atoms with van der Waals surface area (Å²) in [5, 5.41) is 0.315. The highest BCUT2D eigenvalue weighted by Gasteiger charge is 2.21. The molecule has 0 spiro atoms. The Bertz CT molecular complexity index is 1620. The summed E-state index contributed by atoms with van der Waals surface area (Å²) in [5.41, 5.74) is 3.66. The number of fused-ring (bicyclic) bond motifs is 1. The highest BCUT2D eigenvalue weighted by molar-refractivity contribution is 7.99. The summed E-state index contributed by atoms with van der Waals surface area (Å²) in [7, 11) is 0. The number of rotatable bonds is 10. The van der Waals surface area contributed by atoms with Gasteiger partial charge in [0.2, 0.25) is 0 Å². The quantitative estimate of drug-likeness (QED) is 0.0802.